The maximum absolute atomic E-state index is 14.5. The van der Waals surface area contributed by atoms with E-state index in [9.17, 15) is 13.2 Å². The number of halogens is 4. The number of benzene rings is 1. The smallest absolute Gasteiger partial charge is 0.198 e. The van der Waals surface area contributed by atoms with Crippen molar-refractivity contribution in [3.63, 3.8) is 0 Å². The molecule has 9 heteroatoms. The lowest BCUT2D eigenvalue weighted by atomic mass is 9.84. The van der Waals surface area contributed by atoms with E-state index >= 15 is 0 Å². The second-order valence-electron chi connectivity index (χ2n) is 6.51. The maximum Gasteiger partial charge on any atom is 0.198 e. The molecule has 4 rings (SSSR count). The number of aromatic nitrogens is 5. The third-order valence-electron chi connectivity index (χ3n) is 4.77. The first-order chi connectivity index (χ1) is 13.0. The van der Waals surface area contributed by atoms with E-state index < -0.39 is 23.0 Å². The van der Waals surface area contributed by atoms with E-state index in [1.165, 1.54) is 6.33 Å². The molecule has 1 saturated carbocycles. The molecule has 0 bridgehead atoms. The predicted octanol–water partition coefficient (Wildman–Crippen LogP) is 5.05. The molecule has 27 heavy (non-hydrogen) atoms. The van der Waals surface area contributed by atoms with Gasteiger partial charge in [0, 0.05) is 23.6 Å². The molecule has 5 nitrogen and oxygen atoms in total. The zero-order valence-corrected chi connectivity index (χ0v) is 14.9. The average Bonchev–Trinajstić information content (AvgIpc) is 3.17. The number of hydrogen-bond donors (Lipinski definition) is 1. The summed E-state index contributed by atoms with van der Waals surface area (Å²) in [5.41, 5.74) is 0.110. The molecule has 0 unspecified atom stereocenters. The summed E-state index contributed by atoms with van der Waals surface area (Å²) in [6.45, 7) is 0. The monoisotopic (exact) mass is 393 g/mol. The van der Waals surface area contributed by atoms with Crippen LogP contribution in [0.4, 0.5) is 13.2 Å². The first-order valence-electron chi connectivity index (χ1n) is 8.62. The predicted molar refractivity (Wildman–Crippen MR) is 93.6 cm³/mol. The van der Waals surface area contributed by atoms with Crippen molar-refractivity contribution in [1.29, 1.82) is 0 Å². The van der Waals surface area contributed by atoms with Crippen LogP contribution in [0.1, 0.15) is 43.7 Å². The van der Waals surface area contributed by atoms with Crippen molar-refractivity contribution < 1.29 is 13.2 Å². The molecule has 140 valence electrons. The van der Waals surface area contributed by atoms with Crippen molar-refractivity contribution in [2.75, 3.05) is 0 Å². The van der Waals surface area contributed by atoms with E-state index in [0.29, 0.717) is 23.7 Å². The van der Waals surface area contributed by atoms with Crippen molar-refractivity contribution in [3.05, 3.63) is 46.8 Å². The lowest BCUT2D eigenvalue weighted by molar-refractivity contribution is 0.437. The zero-order chi connectivity index (χ0) is 19.0. The molecule has 0 spiro atoms. The van der Waals surface area contributed by atoms with E-state index in [4.69, 9.17) is 11.6 Å². The molecule has 0 radical (unpaired) electrons. The Morgan fingerprint density at radius 1 is 0.963 bits per heavy atom. The van der Waals surface area contributed by atoms with Gasteiger partial charge in [0.25, 0.3) is 0 Å². The Hall–Kier alpha value is -2.48. The van der Waals surface area contributed by atoms with Gasteiger partial charge in [-0.1, -0.05) is 30.9 Å². The van der Waals surface area contributed by atoms with Crippen LogP contribution in [0.3, 0.4) is 0 Å². The Morgan fingerprint density at radius 3 is 2.30 bits per heavy atom. The minimum atomic E-state index is -1.04. The van der Waals surface area contributed by atoms with Crippen LogP contribution >= 0.6 is 11.6 Å². The van der Waals surface area contributed by atoms with Gasteiger partial charge in [-0.25, -0.2) is 28.1 Å². The summed E-state index contributed by atoms with van der Waals surface area (Å²) in [6.07, 6.45) is 6.01. The van der Waals surface area contributed by atoms with Crippen LogP contribution in [0, 0.1) is 17.5 Å². The zero-order valence-electron chi connectivity index (χ0n) is 14.1. The second kappa shape index (κ2) is 7.26. The van der Waals surface area contributed by atoms with Crippen LogP contribution in [-0.2, 0) is 0 Å². The highest BCUT2D eigenvalue weighted by Crippen LogP contribution is 2.42. The SMILES string of the molecule is Fc1cc(F)c(-c2c(Cl)nc(-c3ncn[nH]3)nc2C2CCCCC2)c(F)c1. The molecule has 0 amide bonds. The standard InChI is InChI=1S/C18H15ClF3N5/c19-16-14(13-11(21)6-10(20)7-12(13)22)15(9-4-2-1-3-5-9)25-18(26-16)17-23-8-24-27-17/h6-9H,1-5H2,(H,23,24,27). The number of rotatable bonds is 3. The van der Waals surface area contributed by atoms with Crippen molar-refractivity contribution in [2.24, 2.45) is 0 Å². The van der Waals surface area contributed by atoms with Gasteiger partial charge < -0.3 is 0 Å². The number of nitrogens with zero attached hydrogens (tertiary/aromatic N) is 4. The Morgan fingerprint density at radius 2 is 1.67 bits per heavy atom. The van der Waals surface area contributed by atoms with E-state index in [-0.39, 0.29) is 22.5 Å². The molecular weight excluding hydrogens is 379 g/mol. The number of hydrogen-bond acceptors (Lipinski definition) is 4. The summed E-state index contributed by atoms with van der Waals surface area (Å²) in [6, 6.07) is 1.26. The Balaban J connectivity index is 1.95. The fourth-order valence-electron chi connectivity index (χ4n) is 3.55. The summed E-state index contributed by atoms with van der Waals surface area (Å²) in [5, 5.41) is 6.32. The van der Waals surface area contributed by atoms with Gasteiger partial charge in [-0.05, 0) is 12.8 Å². The topological polar surface area (TPSA) is 67.3 Å². The third kappa shape index (κ3) is 3.41. The lowest BCUT2D eigenvalue weighted by Crippen LogP contribution is -2.12. The van der Waals surface area contributed by atoms with Crippen LogP contribution in [-0.4, -0.2) is 25.1 Å². The van der Waals surface area contributed by atoms with Gasteiger partial charge in [0.15, 0.2) is 11.6 Å². The second-order valence-corrected chi connectivity index (χ2v) is 6.87. The summed E-state index contributed by atoms with van der Waals surface area (Å²) in [4.78, 5) is 12.7. The van der Waals surface area contributed by atoms with Crippen molar-refractivity contribution in [1.82, 2.24) is 25.1 Å². The average molecular weight is 394 g/mol. The van der Waals surface area contributed by atoms with E-state index in [0.717, 1.165) is 32.1 Å². The number of H-pyrrole nitrogens is 1. The molecular formula is C18H15ClF3N5. The first-order valence-corrected chi connectivity index (χ1v) is 9.00. The first kappa shape index (κ1) is 17.9. The third-order valence-corrected chi connectivity index (χ3v) is 5.04. The van der Waals surface area contributed by atoms with E-state index in [2.05, 4.69) is 25.1 Å². The van der Waals surface area contributed by atoms with Gasteiger partial charge in [-0.2, -0.15) is 5.10 Å². The minimum Gasteiger partial charge on any atom is -0.257 e. The van der Waals surface area contributed by atoms with Crippen LogP contribution in [0.2, 0.25) is 5.15 Å². The quantitative estimate of drug-likeness (QED) is 0.632. The molecule has 1 N–H and O–H groups in total. The molecule has 0 aliphatic heterocycles. The highest BCUT2D eigenvalue weighted by Gasteiger charge is 2.28. The van der Waals surface area contributed by atoms with Gasteiger partial charge in [0.2, 0.25) is 0 Å². The number of nitrogens with one attached hydrogen (secondary N) is 1. The van der Waals surface area contributed by atoms with Gasteiger partial charge >= 0.3 is 0 Å². The summed E-state index contributed by atoms with van der Waals surface area (Å²) >= 11 is 6.35. The summed E-state index contributed by atoms with van der Waals surface area (Å²) in [7, 11) is 0. The molecule has 0 saturated heterocycles. The largest absolute Gasteiger partial charge is 0.257 e. The maximum atomic E-state index is 14.5. The normalized spacial score (nSPS) is 15.3. The van der Waals surface area contributed by atoms with Gasteiger partial charge in [-0.3, -0.25) is 5.10 Å². The molecule has 1 aromatic carbocycles. The Kier molecular flexibility index (Phi) is 4.82. The van der Waals surface area contributed by atoms with Crippen LogP contribution < -0.4 is 0 Å². The molecule has 1 fully saturated rings. The van der Waals surface area contributed by atoms with Gasteiger partial charge in [0.05, 0.1) is 11.3 Å². The van der Waals surface area contributed by atoms with E-state index in [1.54, 1.807) is 0 Å². The fourth-order valence-corrected chi connectivity index (χ4v) is 3.82. The minimum absolute atomic E-state index is 0.0280. The summed E-state index contributed by atoms with van der Waals surface area (Å²) in [5.74, 6) is -2.60. The van der Waals surface area contributed by atoms with Crippen LogP contribution in [0.15, 0.2) is 18.5 Å². The summed E-state index contributed by atoms with van der Waals surface area (Å²) < 4.78 is 42.3. The van der Waals surface area contributed by atoms with E-state index in [1.807, 2.05) is 0 Å². The van der Waals surface area contributed by atoms with Gasteiger partial charge in [-0.15, -0.1) is 0 Å². The molecule has 2 aromatic heterocycles. The van der Waals surface area contributed by atoms with Crippen molar-refractivity contribution in [3.8, 4) is 22.8 Å². The molecule has 3 aromatic rings. The molecule has 1 aliphatic carbocycles. The highest BCUT2D eigenvalue weighted by molar-refractivity contribution is 6.32. The van der Waals surface area contributed by atoms with Crippen molar-refractivity contribution >= 4 is 11.6 Å². The van der Waals surface area contributed by atoms with Crippen LogP contribution in [0.5, 0.6) is 0 Å². The van der Waals surface area contributed by atoms with Crippen molar-refractivity contribution in [2.45, 2.75) is 38.0 Å². The van der Waals surface area contributed by atoms with Crippen LogP contribution in [0.25, 0.3) is 22.8 Å². The lowest BCUT2D eigenvalue weighted by Gasteiger charge is -2.24. The number of aromatic amines is 1. The molecule has 1 aliphatic rings. The fraction of sp³-hybridized carbons (Fsp3) is 0.333. The Bertz CT molecular complexity index is 948. The molecule has 0 atom stereocenters. The Labute approximate surface area is 158 Å². The highest BCUT2D eigenvalue weighted by atomic mass is 35.5. The van der Waals surface area contributed by atoms with Gasteiger partial charge in [0.1, 0.15) is 28.9 Å². The molecule has 2 heterocycles.